The minimum Gasteiger partial charge on any atom is -0.280 e. The van der Waals surface area contributed by atoms with Gasteiger partial charge in [0.05, 0.1) is 0 Å². The molecule has 0 N–H and O–H groups in total. The van der Waals surface area contributed by atoms with Crippen molar-refractivity contribution in [3.63, 3.8) is 0 Å². The molecule has 0 amide bonds. The van der Waals surface area contributed by atoms with E-state index in [0.29, 0.717) is 0 Å². The zero-order valence-corrected chi connectivity index (χ0v) is 14.3. The number of rotatable bonds is 4. The second kappa shape index (κ2) is 4.98. The van der Waals surface area contributed by atoms with Gasteiger partial charge in [-0.2, -0.15) is 0 Å². The van der Waals surface area contributed by atoms with Gasteiger partial charge < -0.3 is 0 Å². The maximum Gasteiger partial charge on any atom is 0.515 e. The largest absolute Gasteiger partial charge is 0.515 e. The summed E-state index contributed by atoms with van der Waals surface area (Å²) in [5.41, 5.74) is 0. The average Bonchev–Trinajstić information content (AvgIpc) is 2.45. The van der Waals surface area contributed by atoms with Crippen molar-refractivity contribution >= 4 is 24.6 Å². The first kappa shape index (κ1) is 14.5. The molecule has 2 unspecified atom stereocenters. The van der Waals surface area contributed by atoms with Crippen molar-refractivity contribution in [2.45, 2.75) is 57.9 Å². The van der Waals surface area contributed by atoms with Gasteiger partial charge in [0.15, 0.2) is 0 Å². The van der Waals surface area contributed by atoms with Crippen LogP contribution in [0.25, 0.3) is 0 Å². The van der Waals surface area contributed by atoms with E-state index in [0.717, 1.165) is 13.0 Å². The van der Waals surface area contributed by atoms with Crippen molar-refractivity contribution in [1.82, 2.24) is 4.57 Å². The van der Waals surface area contributed by atoms with Crippen LogP contribution < -0.4 is 0 Å². The third kappa shape index (κ3) is 4.04. The first-order valence-corrected chi connectivity index (χ1v) is 14.1. The zero-order chi connectivity index (χ0) is 12.6. The Labute approximate surface area is 103 Å². The normalized spacial score (nSPS) is 24.9. The molecule has 0 bridgehead atoms. The Balaban J connectivity index is 2.69. The third-order valence-corrected chi connectivity index (χ3v) is 9.10. The quantitative estimate of drug-likeness (QED) is 0.578. The summed E-state index contributed by atoms with van der Waals surface area (Å²) in [6.45, 7) is 14.4. The lowest BCUT2D eigenvalue weighted by molar-refractivity contribution is 0.424. The molecule has 1 fully saturated rings. The summed E-state index contributed by atoms with van der Waals surface area (Å²) < 4.78 is 20.5. The van der Waals surface area contributed by atoms with Gasteiger partial charge in [-0.15, -0.1) is 0 Å². The Morgan fingerprint density at radius 3 is 2.19 bits per heavy atom. The molecule has 1 heterocycles. The summed E-state index contributed by atoms with van der Waals surface area (Å²) in [5.74, 6) is 0.188. The van der Waals surface area contributed by atoms with E-state index in [1.54, 1.807) is 0 Å². The molecule has 1 saturated heterocycles. The van der Waals surface area contributed by atoms with Gasteiger partial charge in [-0.05, 0) is 37.2 Å². The van der Waals surface area contributed by atoms with Crippen molar-refractivity contribution in [1.29, 1.82) is 0 Å². The van der Waals surface area contributed by atoms with Crippen LogP contribution in [-0.2, 0) is 8.78 Å². The lowest BCUT2D eigenvalue weighted by Gasteiger charge is -2.30. The van der Waals surface area contributed by atoms with Crippen molar-refractivity contribution in [3.05, 3.63) is 0 Å². The first-order chi connectivity index (χ1) is 7.11. The molecular formula is C10H25NO2PSi2+. The van der Waals surface area contributed by atoms with Gasteiger partial charge in [0.1, 0.15) is 8.24 Å². The van der Waals surface area contributed by atoms with Crippen LogP contribution in [0.15, 0.2) is 0 Å². The zero-order valence-electron chi connectivity index (χ0n) is 11.4. The smallest absolute Gasteiger partial charge is 0.280 e. The highest BCUT2D eigenvalue weighted by Gasteiger charge is 2.48. The summed E-state index contributed by atoms with van der Waals surface area (Å²) in [6.07, 6.45) is 2.22. The summed E-state index contributed by atoms with van der Waals surface area (Å²) >= 11 is 0. The van der Waals surface area contributed by atoms with E-state index in [1.165, 1.54) is 6.42 Å². The predicted octanol–water partition coefficient (Wildman–Crippen LogP) is 3.84. The van der Waals surface area contributed by atoms with E-state index >= 15 is 0 Å². The molecule has 0 aromatic carbocycles. The highest BCUT2D eigenvalue weighted by molar-refractivity contribution is 7.42. The Morgan fingerprint density at radius 2 is 1.75 bits per heavy atom. The van der Waals surface area contributed by atoms with Gasteiger partial charge in [-0.3, -0.25) is 4.57 Å². The second-order valence-corrected chi connectivity index (χ2v) is 17.5. The van der Waals surface area contributed by atoms with Crippen LogP contribution in [0.2, 0.25) is 39.3 Å². The molecule has 6 heteroatoms. The van der Waals surface area contributed by atoms with E-state index < -0.39 is 24.6 Å². The van der Waals surface area contributed by atoms with Crippen LogP contribution in [0, 0.1) is 0 Å². The van der Waals surface area contributed by atoms with Gasteiger partial charge in [-0.1, -0.05) is 19.6 Å². The van der Waals surface area contributed by atoms with Crippen LogP contribution in [0.1, 0.15) is 12.8 Å². The van der Waals surface area contributed by atoms with Crippen LogP contribution in [0.5, 0.6) is 0 Å². The standard InChI is InChI=1S/C10H25NO2PSi2/c1-15(2,3)11-9-7-8-10(11)14(12)13-16(4,5)6/h10H,7-9H2,1-6H3/q+1. The van der Waals surface area contributed by atoms with E-state index in [1.807, 2.05) is 0 Å². The molecule has 0 aliphatic carbocycles. The van der Waals surface area contributed by atoms with E-state index in [9.17, 15) is 4.57 Å². The van der Waals surface area contributed by atoms with Crippen molar-refractivity contribution in [3.8, 4) is 0 Å². The minimum atomic E-state index is -1.67. The van der Waals surface area contributed by atoms with E-state index in [-0.39, 0.29) is 5.78 Å². The fraction of sp³-hybridized carbons (Fsp3) is 1.00. The van der Waals surface area contributed by atoms with Gasteiger partial charge >= 0.3 is 8.03 Å². The molecule has 2 atom stereocenters. The highest BCUT2D eigenvalue weighted by Crippen LogP contribution is 2.43. The summed E-state index contributed by atoms with van der Waals surface area (Å²) in [7, 11) is -4.51. The Hall–Kier alpha value is 0.454. The van der Waals surface area contributed by atoms with Gasteiger partial charge in [0, 0.05) is 6.42 Å². The maximum absolute atomic E-state index is 12.3. The van der Waals surface area contributed by atoms with E-state index in [2.05, 4.69) is 43.8 Å². The molecule has 0 radical (unpaired) electrons. The Kier molecular flexibility index (Phi) is 4.52. The molecule has 16 heavy (non-hydrogen) atoms. The molecule has 0 spiro atoms. The molecule has 0 saturated carbocycles. The predicted molar refractivity (Wildman–Crippen MR) is 75.1 cm³/mol. The average molecular weight is 278 g/mol. The topological polar surface area (TPSA) is 29.5 Å². The van der Waals surface area contributed by atoms with Crippen LogP contribution in [0.3, 0.4) is 0 Å². The SMILES string of the molecule is C[Si](C)(C)O[P+](=O)C1CCCN1[Si](C)(C)C. The van der Waals surface area contributed by atoms with Crippen LogP contribution in [-0.4, -0.2) is 33.4 Å². The maximum atomic E-state index is 12.3. The summed E-state index contributed by atoms with van der Waals surface area (Å²) in [4.78, 5) is 0. The Bertz CT molecular complexity index is 273. The molecule has 0 aromatic heterocycles. The summed E-state index contributed by atoms with van der Waals surface area (Å²) in [5, 5.41) is 0. The molecule has 1 rings (SSSR count). The lowest BCUT2D eigenvalue weighted by atomic mass is 10.4. The number of hydrogen-bond donors (Lipinski definition) is 0. The Morgan fingerprint density at radius 1 is 1.19 bits per heavy atom. The van der Waals surface area contributed by atoms with Crippen LogP contribution in [0.4, 0.5) is 0 Å². The van der Waals surface area contributed by atoms with Crippen LogP contribution >= 0.6 is 8.03 Å². The van der Waals surface area contributed by atoms with Crippen molar-refractivity contribution in [2.75, 3.05) is 6.54 Å². The lowest BCUT2D eigenvalue weighted by Crippen LogP contribution is -2.47. The van der Waals surface area contributed by atoms with Gasteiger partial charge in [0.2, 0.25) is 5.78 Å². The molecule has 0 aromatic rings. The monoisotopic (exact) mass is 278 g/mol. The van der Waals surface area contributed by atoms with E-state index in [4.69, 9.17) is 4.21 Å². The fourth-order valence-electron chi connectivity index (χ4n) is 2.08. The van der Waals surface area contributed by atoms with Crippen molar-refractivity contribution < 1.29 is 8.78 Å². The first-order valence-electron chi connectivity index (χ1n) is 6.03. The fourth-order valence-corrected chi connectivity index (χ4v) is 8.64. The molecule has 1 aliphatic rings. The molecule has 1 aliphatic heterocycles. The second-order valence-electron chi connectivity index (χ2n) is 6.48. The number of hydrogen-bond acceptors (Lipinski definition) is 3. The molecule has 3 nitrogen and oxygen atoms in total. The minimum absolute atomic E-state index is 0.188. The highest BCUT2D eigenvalue weighted by atomic mass is 31.1. The molecular weight excluding hydrogens is 253 g/mol. The number of nitrogens with zero attached hydrogens (tertiary/aromatic N) is 1. The van der Waals surface area contributed by atoms with Crippen molar-refractivity contribution in [2.24, 2.45) is 0 Å². The molecule has 94 valence electrons. The van der Waals surface area contributed by atoms with Gasteiger partial charge in [0.25, 0.3) is 8.32 Å². The van der Waals surface area contributed by atoms with Gasteiger partial charge in [-0.25, -0.2) is 4.21 Å². The third-order valence-electron chi connectivity index (χ3n) is 2.69. The summed E-state index contributed by atoms with van der Waals surface area (Å²) in [6, 6.07) is 0.